The highest BCUT2D eigenvalue weighted by molar-refractivity contribution is 5.50. The number of hydrogen-bond donors (Lipinski definition) is 1. The van der Waals surface area contributed by atoms with Crippen molar-refractivity contribution < 1.29 is 0 Å². The lowest BCUT2D eigenvalue weighted by Crippen LogP contribution is -2.05. The van der Waals surface area contributed by atoms with Crippen LogP contribution in [0.4, 0.5) is 5.82 Å². The Balaban J connectivity index is 2.60. The third-order valence-corrected chi connectivity index (χ3v) is 1.96. The van der Waals surface area contributed by atoms with Crippen LogP contribution >= 0.6 is 0 Å². The largest absolute Gasteiger partial charge is 0.382 e. The van der Waals surface area contributed by atoms with Gasteiger partial charge >= 0.3 is 0 Å². The van der Waals surface area contributed by atoms with E-state index >= 15 is 0 Å². The number of hydrogen-bond acceptors (Lipinski definition) is 4. The quantitative estimate of drug-likeness (QED) is 0.722. The predicted octanol–water partition coefficient (Wildman–Crippen LogP) is 0.861. The molecule has 2 aromatic heterocycles. The molecule has 0 spiro atoms. The van der Waals surface area contributed by atoms with Gasteiger partial charge in [-0.25, -0.2) is 14.6 Å². The molecular formula is C9H11N5. The average molecular weight is 189 g/mol. The van der Waals surface area contributed by atoms with Crippen molar-refractivity contribution in [2.75, 3.05) is 5.73 Å². The standard InChI is InChI=1S/C9H11N5/c1-6-3-7(2)14(13-6)8-4-11-5-12-9(8)10/h3-5H,1-2H3,(H2,10,11,12). The van der Waals surface area contributed by atoms with Gasteiger partial charge in [-0.2, -0.15) is 5.10 Å². The summed E-state index contributed by atoms with van der Waals surface area (Å²) in [5, 5.41) is 4.30. The van der Waals surface area contributed by atoms with Crippen LogP contribution in [-0.4, -0.2) is 19.7 Å². The summed E-state index contributed by atoms with van der Waals surface area (Å²) in [5.74, 6) is 0.436. The maximum atomic E-state index is 5.72. The Morgan fingerprint density at radius 2 is 2.14 bits per heavy atom. The zero-order valence-corrected chi connectivity index (χ0v) is 8.10. The van der Waals surface area contributed by atoms with Crippen molar-refractivity contribution >= 4 is 5.82 Å². The van der Waals surface area contributed by atoms with E-state index in [1.165, 1.54) is 6.33 Å². The highest BCUT2D eigenvalue weighted by Gasteiger charge is 2.07. The summed E-state index contributed by atoms with van der Waals surface area (Å²) in [7, 11) is 0. The Kier molecular flexibility index (Phi) is 1.92. The van der Waals surface area contributed by atoms with E-state index in [1.807, 2.05) is 19.9 Å². The minimum Gasteiger partial charge on any atom is -0.382 e. The van der Waals surface area contributed by atoms with Gasteiger partial charge in [0, 0.05) is 5.69 Å². The number of aromatic nitrogens is 4. The van der Waals surface area contributed by atoms with Gasteiger partial charge in [-0.1, -0.05) is 0 Å². The SMILES string of the molecule is Cc1cc(C)n(-c2cncnc2N)n1. The Bertz CT molecular complexity index is 460. The maximum Gasteiger partial charge on any atom is 0.152 e. The minimum absolute atomic E-state index is 0.436. The fourth-order valence-corrected chi connectivity index (χ4v) is 1.37. The topological polar surface area (TPSA) is 69.6 Å². The fourth-order valence-electron chi connectivity index (χ4n) is 1.37. The summed E-state index contributed by atoms with van der Waals surface area (Å²) in [6.45, 7) is 3.90. The number of nitrogens with zero attached hydrogens (tertiary/aromatic N) is 4. The molecule has 2 aromatic rings. The summed E-state index contributed by atoms with van der Waals surface area (Å²) in [6.07, 6.45) is 3.08. The molecule has 0 bridgehead atoms. The highest BCUT2D eigenvalue weighted by Crippen LogP contribution is 2.14. The van der Waals surface area contributed by atoms with E-state index in [4.69, 9.17) is 5.73 Å². The van der Waals surface area contributed by atoms with Crippen LogP contribution in [0.25, 0.3) is 5.69 Å². The van der Waals surface area contributed by atoms with E-state index in [0.717, 1.165) is 17.1 Å². The second-order valence-corrected chi connectivity index (χ2v) is 3.13. The van der Waals surface area contributed by atoms with Gasteiger partial charge in [0.25, 0.3) is 0 Å². The predicted molar refractivity (Wildman–Crippen MR) is 53.0 cm³/mol. The molecule has 14 heavy (non-hydrogen) atoms. The first-order valence-corrected chi connectivity index (χ1v) is 4.27. The Hall–Kier alpha value is -1.91. The maximum absolute atomic E-state index is 5.72. The first kappa shape index (κ1) is 8.68. The van der Waals surface area contributed by atoms with E-state index in [0.29, 0.717) is 5.82 Å². The molecule has 0 saturated carbocycles. The Morgan fingerprint density at radius 3 is 2.71 bits per heavy atom. The molecule has 72 valence electrons. The van der Waals surface area contributed by atoms with Crippen LogP contribution in [0.5, 0.6) is 0 Å². The molecule has 0 aliphatic heterocycles. The third kappa shape index (κ3) is 1.32. The molecule has 0 amide bonds. The molecule has 0 unspecified atom stereocenters. The minimum atomic E-state index is 0.436. The van der Waals surface area contributed by atoms with Gasteiger partial charge in [-0.05, 0) is 19.9 Å². The van der Waals surface area contributed by atoms with Gasteiger partial charge < -0.3 is 5.73 Å². The molecule has 0 radical (unpaired) electrons. The van der Waals surface area contributed by atoms with E-state index < -0.39 is 0 Å². The second-order valence-electron chi connectivity index (χ2n) is 3.13. The van der Waals surface area contributed by atoms with Crippen LogP contribution in [0.3, 0.4) is 0 Å². The van der Waals surface area contributed by atoms with E-state index in [9.17, 15) is 0 Å². The van der Waals surface area contributed by atoms with E-state index in [1.54, 1.807) is 10.9 Å². The first-order chi connectivity index (χ1) is 6.68. The van der Waals surface area contributed by atoms with Crippen molar-refractivity contribution in [2.45, 2.75) is 13.8 Å². The lowest BCUT2D eigenvalue weighted by atomic mass is 10.4. The summed E-state index contributed by atoms with van der Waals surface area (Å²) in [6, 6.07) is 1.98. The lowest BCUT2D eigenvalue weighted by Gasteiger charge is -2.04. The molecule has 0 fully saturated rings. The zero-order valence-electron chi connectivity index (χ0n) is 8.10. The molecule has 0 saturated heterocycles. The van der Waals surface area contributed by atoms with Crippen molar-refractivity contribution in [3.05, 3.63) is 30.0 Å². The molecule has 0 aliphatic rings. The summed E-state index contributed by atoms with van der Waals surface area (Å²) in [5.41, 5.74) is 8.41. The Labute approximate surface area is 81.6 Å². The van der Waals surface area contributed by atoms with Gasteiger partial charge in [0.1, 0.15) is 12.0 Å². The van der Waals surface area contributed by atoms with Gasteiger partial charge in [-0.3, -0.25) is 0 Å². The second kappa shape index (κ2) is 3.10. The molecule has 0 atom stereocenters. The molecule has 0 aromatic carbocycles. The normalized spacial score (nSPS) is 10.4. The van der Waals surface area contributed by atoms with E-state index in [-0.39, 0.29) is 0 Å². The van der Waals surface area contributed by atoms with Crippen molar-refractivity contribution in [1.82, 2.24) is 19.7 Å². The van der Waals surface area contributed by atoms with Gasteiger partial charge in [-0.15, -0.1) is 0 Å². The highest BCUT2D eigenvalue weighted by atomic mass is 15.3. The van der Waals surface area contributed by atoms with Gasteiger partial charge in [0.2, 0.25) is 0 Å². The van der Waals surface area contributed by atoms with Crippen LogP contribution < -0.4 is 5.73 Å². The van der Waals surface area contributed by atoms with E-state index in [2.05, 4.69) is 15.1 Å². The fraction of sp³-hybridized carbons (Fsp3) is 0.222. The average Bonchev–Trinajstić information content (AvgIpc) is 2.46. The molecule has 2 rings (SSSR count). The van der Waals surface area contributed by atoms with Crippen LogP contribution in [0, 0.1) is 13.8 Å². The van der Waals surface area contributed by atoms with Crippen LogP contribution in [0.2, 0.25) is 0 Å². The van der Waals surface area contributed by atoms with Crippen molar-refractivity contribution in [2.24, 2.45) is 0 Å². The smallest absolute Gasteiger partial charge is 0.152 e. The van der Waals surface area contributed by atoms with Crippen LogP contribution in [-0.2, 0) is 0 Å². The monoisotopic (exact) mass is 189 g/mol. The number of anilines is 1. The van der Waals surface area contributed by atoms with Crippen molar-refractivity contribution in [3.8, 4) is 5.69 Å². The molecule has 5 nitrogen and oxygen atoms in total. The lowest BCUT2D eigenvalue weighted by molar-refractivity contribution is 0.824. The summed E-state index contributed by atoms with van der Waals surface area (Å²) >= 11 is 0. The number of nitrogen functional groups attached to an aromatic ring is 1. The molecule has 2 heterocycles. The number of nitrogens with two attached hydrogens (primary N) is 1. The molecule has 5 heteroatoms. The number of rotatable bonds is 1. The Morgan fingerprint density at radius 1 is 1.36 bits per heavy atom. The molecule has 0 aliphatic carbocycles. The molecular weight excluding hydrogens is 178 g/mol. The zero-order chi connectivity index (χ0) is 10.1. The third-order valence-electron chi connectivity index (χ3n) is 1.96. The summed E-state index contributed by atoms with van der Waals surface area (Å²) in [4.78, 5) is 7.83. The van der Waals surface area contributed by atoms with Crippen LogP contribution in [0.15, 0.2) is 18.6 Å². The molecule has 2 N–H and O–H groups in total. The summed E-state index contributed by atoms with van der Waals surface area (Å²) < 4.78 is 1.74. The van der Waals surface area contributed by atoms with Crippen molar-refractivity contribution in [3.63, 3.8) is 0 Å². The first-order valence-electron chi connectivity index (χ1n) is 4.27. The van der Waals surface area contributed by atoms with Gasteiger partial charge in [0.15, 0.2) is 5.82 Å². The van der Waals surface area contributed by atoms with Gasteiger partial charge in [0.05, 0.1) is 11.9 Å². The van der Waals surface area contributed by atoms with Crippen LogP contribution in [0.1, 0.15) is 11.4 Å². The number of aryl methyl sites for hydroxylation is 2. The van der Waals surface area contributed by atoms with Crippen molar-refractivity contribution in [1.29, 1.82) is 0 Å².